The SMILES string of the molecule is CNCc1c(Cl)cccc1Sc1cc(Cl)ccc1Cl. The number of halogens is 3. The topological polar surface area (TPSA) is 12.0 Å². The van der Waals surface area contributed by atoms with E-state index in [1.165, 1.54) is 0 Å². The summed E-state index contributed by atoms with van der Waals surface area (Å²) >= 11 is 20.0. The second-order valence-electron chi connectivity index (χ2n) is 3.92. The predicted octanol–water partition coefficient (Wildman–Crippen LogP) is 5.52. The van der Waals surface area contributed by atoms with E-state index >= 15 is 0 Å². The maximum atomic E-state index is 6.23. The van der Waals surface area contributed by atoms with Crippen molar-refractivity contribution in [2.24, 2.45) is 0 Å². The average molecular weight is 333 g/mol. The number of rotatable bonds is 4. The van der Waals surface area contributed by atoms with Gasteiger partial charge in [-0.2, -0.15) is 0 Å². The first kappa shape index (κ1) is 15.0. The van der Waals surface area contributed by atoms with Crippen molar-refractivity contribution < 1.29 is 0 Å². The van der Waals surface area contributed by atoms with E-state index in [-0.39, 0.29) is 0 Å². The minimum Gasteiger partial charge on any atom is -0.316 e. The lowest BCUT2D eigenvalue weighted by atomic mass is 10.2. The lowest BCUT2D eigenvalue weighted by Gasteiger charge is -2.11. The van der Waals surface area contributed by atoms with Crippen LogP contribution in [0.2, 0.25) is 15.1 Å². The van der Waals surface area contributed by atoms with Crippen molar-refractivity contribution in [3.8, 4) is 0 Å². The van der Waals surface area contributed by atoms with Crippen LogP contribution < -0.4 is 5.32 Å². The van der Waals surface area contributed by atoms with Crippen LogP contribution in [0.4, 0.5) is 0 Å². The highest BCUT2D eigenvalue weighted by Gasteiger charge is 2.10. The zero-order valence-electron chi connectivity index (χ0n) is 10.2. The highest BCUT2D eigenvalue weighted by atomic mass is 35.5. The molecule has 0 atom stereocenters. The fourth-order valence-corrected chi connectivity index (χ4v) is 3.46. The third kappa shape index (κ3) is 3.80. The first-order chi connectivity index (χ1) is 9.11. The van der Waals surface area contributed by atoms with Crippen molar-refractivity contribution in [3.63, 3.8) is 0 Å². The molecule has 0 aromatic heterocycles. The van der Waals surface area contributed by atoms with Crippen LogP contribution in [0, 0.1) is 0 Å². The van der Waals surface area contributed by atoms with Gasteiger partial charge in [-0.15, -0.1) is 0 Å². The smallest absolute Gasteiger partial charge is 0.0546 e. The van der Waals surface area contributed by atoms with Gasteiger partial charge in [-0.05, 0) is 42.9 Å². The summed E-state index contributed by atoms with van der Waals surface area (Å²) in [5.41, 5.74) is 1.06. The summed E-state index contributed by atoms with van der Waals surface area (Å²) < 4.78 is 0. The summed E-state index contributed by atoms with van der Waals surface area (Å²) in [7, 11) is 1.89. The molecule has 5 heteroatoms. The normalized spacial score (nSPS) is 10.7. The van der Waals surface area contributed by atoms with E-state index in [4.69, 9.17) is 34.8 Å². The zero-order chi connectivity index (χ0) is 13.8. The maximum absolute atomic E-state index is 6.23. The number of benzene rings is 2. The zero-order valence-corrected chi connectivity index (χ0v) is 13.3. The first-order valence-corrected chi connectivity index (χ1v) is 7.61. The minimum atomic E-state index is 0.670. The van der Waals surface area contributed by atoms with E-state index in [9.17, 15) is 0 Å². The van der Waals surface area contributed by atoms with E-state index in [1.54, 1.807) is 23.9 Å². The largest absolute Gasteiger partial charge is 0.316 e. The fraction of sp³-hybridized carbons (Fsp3) is 0.143. The summed E-state index contributed by atoms with van der Waals surface area (Å²) in [6.45, 7) is 0.709. The Morgan fingerprint density at radius 3 is 2.53 bits per heavy atom. The van der Waals surface area contributed by atoms with Gasteiger partial charge in [-0.25, -0.2) is 0 Å². The van der Waals surface area contributed by atoms with E-state index in [1.807, 2.05) is 31.3 Å². The molecule has 0 amide bonds. The van der Waals surface area contributed by atoms with Crippen LogP contribution in [-0.2, 0) is 6.54 Å². The molecule has 0 saturated carbocycles. The summed E-state index contributed by atoms with van der Waals surface area (Å²) in [5, 5.41) is 5.22. The van der Waals surface area contributed by atoms with Crippen LogP contribution in [0.1, 0.15) is 5.56 Å². The Bertz CT molecular complexity index is 587. The van der Waals surface area contributed by atoms with Gasteiger partial charge in [-0.3, -0.25) is 0 Å². The van der Waals surface area contributed by atoms with Gasteiger partial charge in [-0.1, -0.05) is 52.6 Å². The van der Waals surface area contributed by atoms with Gasteiger partial charge < -0.3 is 5.32 Å². The van der Waals surface area contributed by atoms with Gasteiger partial charge >= 0.3 is 0 Å². The van der Waals surface area contributed by atoms with Gasteiger partial charge in [0.1, 0.15) is 0 Å². The first-order valence-electron chi connectivity index (χ1n) is 5.66. The van der Waals surface area contributed by atoms with E-state index in [2.05, 4.69) is 5.32 Å². The quantitative estimate of drug-likeness (QED) is 0.791. The second-order valence-corrected chi connectivity index (χ2v) is 6.26. The van der Waals surface area contributed by atoms with Gasteiger partial charge in [0.15, 0.2) is 0 Å². The molecule has 2 aromatic rings. The molecule has 0 bridgehead atoms. The molecule has 0 aliphatic heterocycles. The van der Waals surface area contributed by atoms with Crippen molar-refractivity contribution in [1.82, 2.24) is 5.32 Å². The second kappa shape index (κ2) is 6.87. The van der Waals surface area contributed by atoms with Crippen molar-refractivity contribution in [3.05, 3.63) is 57.0 Å². The molecule has 0 saturated heterocycles. The summed E-state index contributed by atoms with van der Waals surface area (Å²) in [5.74, 6) is 0. The highest BCUT2D eigenvalue weighted by Crippen LogP contribution is 2.38. The monoisotopic (exact) mass is 331 g/mol. The Kier molecular flexibility index (Phi) is 5.43. The van der Waals surface area contributed by atoms with Crippen molar-refractivity contribution in [2.75, 3.05) is 7.05 Å². The van der Waals surface area contributed by atoms with E-state index in [0.29, 0.717) is 16.6 Å². The third-order valence-corrected chi connectivity index (χ3v) is 4.73. The lowest BCUT2D eigenvalue weighted by molar-refractivity contribution is 0.803. The predicted molar refractivity (Wildman–Crippen MR) is 84.8 cm³/mol. The summed E-state index contributed by atoms with van der Waals surface area (Å²) in [4.78, 5) is 2.00. The Balaban J connectivity index is 2.37. The number of nitrogens with one attached hydrogen (secondary N) is 1. The molecular formula is C14H12Cl3NS. The van der Waals surface area contributed by atoms with Crippen LogP contribution in [0.15, 0.2) is 46.2 Å². The standard InChI is InChI=1S/C14H12Cl3NS/c1-18-8-10-11(16)3-2-4-13(10)19-14-7-9(15)5-6-12(14)17/h2-7,18H,8H2,1H3. The van der Waals surface area contributed by atoms with Crippen LogP contribution in [0.5, 0.6) is 0 Å². The molecule has 100 valence electrons. The summed E-state index contributed by atoms with van der Waals surface area (Å²) in [6.07, 6.45) is 0. The summed E-state index contributed by atoms with van der Waals surface area (Å²) in [6, 6.07) is 11.3. The van der Waals surface area contributed by atoms with E-state index in [0.717, 1.165) is 20.4 Å². The molecule has 0 heterocycles. The molecule has 0 fully saturated rings. The van der Waals surface area contributed by atoms with Gasteiger partial charge in [0, 0.05) is 26.4 Å². The Hall–Kier alpha value is -0.380. The highest BCUT2D eigenvalue weighted by molar-refractivity contribution is 7.99. The molecular weight excluding hydrogens is 321 g/mol. The van der Waals surface area contributed by atoms with Gasteiger partial charge in [0.25, 0.3) is 0 Å². The van der Waals surface area contributed by atoms with Crippen molar-refractivity contribution in [1.29, 1.82) is 0 Å². The molecule has 2 aromatic carbocycles. The Morgan fingerprint density at radius 1 is 1.00 bits per heavy atom. The molecule has 19 heavy (non-hydrogen) atoms. The molecule has 0 unspecified atom stereocenters. The van der Waals surface area contributed by atoms with Crippen molar-refractivity contribution in [2.45, 2.75) is 16.3 Å². The molecule has 1 nitrogen and oxygen atoms in total. The molecule has 0 spiro atoms. The average Bonchev–Trinajstić information content (AvgIpc) is 2.38. The van der Waals surface area contributed by atoms with Crippen LogP contribution >= 0.6 is 46.6 Å². The van der Waals surface area contributed by atoms with Gasteiger partial charge in [0.05, 0.1) is 5.02 Å². The Morgan fingerprint density at radius 2 is 1.79 bits per heavy atom. The number of hydrogen-bond acceptors (Lipinski definition) is 2. The lowest BCUT2D eigenvalue weighted by Crippen LogP contribution is -2.06. The molecule has 0 aliphatic rings. The molecule has 2 rings (SSSR count). The minimum absolute atomic E-state index is 0.670. The van der Waals surface area contributed by atoms with Crippen LogP contribution in [0.25, 0.3) is 0 Å². The van der Waals surface area contributed by atoms with E-state index < -0.39 is 0 Å². The fourth-order valence-electron chi connectivity index (χ4n) is 1.66. The van der Waals surface area contributed by atoms with Crippen LogP contribution in [0.3, 0.4) is 0 Å². The van der Waals surface area contributed by atoms with Crippen molar-refractivity contribution >= 4 is 46.6 Å². The van der Waals surface area contributed by atoms with Gasteiger partial charge in [0.2, 0.25) is 0 Å². The molecule has 0 radical (unpaired) electrons. The molecule has 0 aliphatic carbocycles. The Labute approximate surface area is 132 Å². The third-order valence-electron chi connectivity index (χ3n) is 2.54. The maximum Gasteiger partial charge on any atom is 0.0546 e. The molecule has 1 N–H and O–H groups in total. The van der Waals surface area contributed by atoms with Crippen LogP contribution in [-0.4, -0.2) is 7.05 Å². The number of hydrogen-bond donors (Lipinski definition) is 1.